The van der Waals surface area contributed by atoms with E-state index in [0.29, 0.717) is 23.6 Å². The molecular formula is C17H16N2O4S. The fourth-order valence-corrected chi connectivity index (χ4v) is 1.98. The van der Waals surface area contributed by atoms with Crippen LogP contribution >= 0.6 is 12.2 Å². The number of carbonyl (C=O) groups excluding carboxylic acids is 2. The highest BCUT2D eigenvalue weighted by atomic mass is 32.1. The number of esters is 1. The molecule has 0 atom stereocenters. The smallest absolute Gasteiger partial charge is 0.338 e. The Balaban J connectivity index is 1.85. The van der Waals surface area contributed by atoms with Crippen LogP contribution in [0.1, 0.15) is 23.0 Å². The number of thiocarbonyl (C=S) groups is 1. The summed E-state index contributed by atoms with van der Waals surface area (Å²) in [5.74, 6) is -0.200. The Kier molecular flexibility index (Phi) is 6.27. The lowest BCUT2D eigenvalue weighted by Crippen LogP contribution is -2.32. The molecule has 24 heavy (non-hydrogen) atoms. The van der Waals surface area contributed by atoms with Gasteiger partial charge in [-0.3, -0.25) is 10.1 Å². The van der Waals surface area contributed by atoms with E-state index in [4.69, 9.17) is 21.4 Å². The van der Waals surface area contributed by atoms with Crippen LogP contribution in [0.4, 0.5) is 5.69 Å². The first-order valence-electron chi connectivity index (χ1n) is 7.19. The average molecular weight is 344 g/mol. The second kappa shape index (κ2) is 8.64. The Bertz CT molecular complexity index is 736. The number of carbonyl (C=O) groups is 2. The monoisotopic (exact) mass is 344 g/mol. The Hall–Kier alpha value is -2.93. The van der Waals surface area contributed by atoms with Crippen molar-refractivity contribution in [3.8, 4) is 0 Å². The van der Waals surface area contributed by atoms with Crippen LogP contribution in [0.15, 0.2) is 53.2 Å². The predicted octanol–water partition coefficient (Wildman–Crippen LogP) is 2.98. The molecule has 0 radical (unpaired) electrons. The van der Waals surface area contributed by atoms with E-state index >= 15 is 0 Å². The summed E-state index contributed by atoms with van der Waals surface area (Å²) in [5.41, 5.74) is 1.09. The minimum absolute atomic E-state index is 0.146. The Labute approximate surface area is 144 Å². The molecule has 0 saturated heterocycles. The van der Waals surface area contributed by atoms with Gasteiger partial charge >= 0.3 is 5.97 Å². The van der Waals surface area contributed by atoms with E-state index < -0.39 is 0 Å². The summed E-state index contributed by atoms with van der Waals surface area (Å²) in [6, 6.07) is 10.0. The van der Waals surface area contributed by atoms with Crippen LogP contribution < -0.4 is 10.6 Å². The van der Waals surface area contributed by atoms with Gasteiger partial charge in [-0.2, -0.15) is 0 Å². The maximum atomic E-state index is 11.7. The normalized spacial score (nSPS) is 10.4. The van der Waals surface area contributed by atoms with Crippen molar-refractivity contribution in [2.24, 2.45) is 0 Å². The Morgan fingerprint density at radius 3 is 2.62 bits per heavy atom. The Morgan fingerprint density at radius 1 is 1.25 bits per heavy atom. The predicted molar refractivity (Wildman–Crippen MR) is 94.5 cm³/mol. The zero-order valence-corrected chi connectivity index (χ0v) is 13.8. The van der Waals surface area contributed by atoms with Gasteiger partial charge in [-0.25, -0.2) is 4.79 Å². The number of hydrogen-bond donors (Lipinski definition) is 2. The number of ether oxygens (including phenoxy) is 1. The largest absolute Gasteiger partial charge is 0.465 e. The molecule has 0 saturated carbocycles. The minimum atomic E-state index is -0.386. The maximum Gasteiger partial charge on any atom is 0.338 e. The molecule has 1 aromatic heterocycles. The standard InChI is InChI=1S/C17H16N2O4S/c1-2-22-16(21)12-5-7-13(8-6-12)18-17(24)19-15(20)10-9-14-4-3-11-23-14/h3-11H,2H2,1H3,(H2,18,19,20,24). The second-order valence-corrected chi connectivity index (χ2v) is 5.00. The van der Waals surface area contributed by atoms with E-state index in [1.807, 2.05) is 0 Å². The van der Waals surface area contributed by atoms with Crippen LogP contribution in [0.25, 0.3) is 6.08 Å². The number of hydrogen-bond acceptors (Lipinski definition) is 5. The summed E-state index contributed by atoms with van der Waals surface area (Å²) in [6.45, 7) is 2.07. The first-order chi connectivity index (χ1) is 11.6. The molecule has 1 aromatic carbocycles. The summed E-state index contributed by atoms with van der Waals surface area (Å²) in [6.07, 6.45) is 4.37. The zero-order chi connectivity index (χ0) is 17.4. The zero-order valence-electron chi connectivity index (χ0n) is 12.9. The quantitative estimate of drug-likeness (QED) is 0.493. The van der Waals surface area contributed by atoms with E-state index in [-0.39, 0.29) is 17.0 Å². The van der Waals surface area contributed by atoms with Gasteiger partial charge in [0.05, 0.1) is 18.4 Å². The van der Waals surface area contributed by atoms with E-state index in [2.05, 4.69) is 10.6 Å². The first-order valence-corrected chi connectivity index (χ1v) is 7.60. The molecule has 2 aromatic rings. The molecule has 0 aliphatic carbocycles. The number of anilines is 1. The highest BCUT2D eigenvalue weighted by Gasteiger charge is 2.06. The summed E-state index contributed by atoms with van der Waals surface area (Å²) >= 11 is 5.06. The molecule has 2 rings (SSSR count). The molecule has 2 N–H and O–H groups in total. The van der Waals surface area contributed by atoms with E-state index in [1.165, 1.54) is 18.4 Å². The van der Waals surface area contributed by atoms with Crippen molar-refractivity contribution in [3.63, 3.8) is 0 Å². The summed E-state index contributed by atoms with van der Waals surface area (Å²) in [5, 5.41) is 5.51. The molecule has 0 fully saturated rings. The van der Waals surface area contributed by atoms with Crippen molar-refractivity contribution in [3.05, 3.63) is 60.1 Å². The SMILES string of the molecule is CCOC(=O)c1ccc(NC(=S)NC(=O)C=Cc2ccco2)cc1. The van der Waals surface area contributed by atoms with E-state index in [0.717, 1.165) is 0 Å². The van der Waals surface area contributed by atoms with Crippen molar-refractivity contribution < 1.29 is 18.7 Å². The fourth-order valence-electron chi connectivity index (χ4n) is 1.76. The molecule has 0 bridgehead atoms. The molecule has 1 heterocycles. The molecule has 7 heteroatoms. The van der Waals surface area contributed by atoms with Crippen molar-refractivity contribution in [1.29, 1.82) is 0 Å². The van der Waals surface area contributed by atoms with Crippen molar-refractivity contribution in [2.75, 3.05) is 11.9 Å². The number of amides is 1. The van der Waals surface area contributed by atoms with E-state index in [1.54, 1.807) is 43.3 Å². The lowest BCUT2D eigenvalue weighted by atomic mass is 10.2. The molecule has 0 spiro atoms. The summed E-state index contributed by atoms with van der Waals surface area (Å²) in [4.78, 5) is 23.3. The highest BCUT2D eigenvalue weighted by Crippen LogP contribution is 2.10. The van der Waals surface area contributed by atoms with E-state index in [9.17, 15) is 9.59 Å². The van der Waals surface area contributed by atoms with Gasteiger partial charge in [0.2, 0.25) is 5.91 Å². The summed E-state index contributed by atoms with van der Waals surface area (Å²) in [7, 11) is 0. The first kappa shape index (κ1) is 17.4. The minimum Gasteiger partial charge on any atom is -0.465 e. The van der Waals surface area contributed by atoms with Crippen molar-refractivity contribution in [1.82, 2.24) is 5.32 Å². The number of furan rings is 1. The van der Waals surface area contributed by atoms with Gasteiger partial charge in [0, 0.05) is 11.8 Å². The number of benzene rings is 1. The second-order valence-electron chi connectivity index (χ2n) is 4.59. The third-order valence-corrected chi connectivity index (χ3v) is 3.04. The van der Waals surface area contributed by atoms with Gasteiger partial charge < -0.3 is 14.5 Å². The van der Waals surface area contributed by atoms with Crippen LogP contribution in [0, 0.1) is 0 Å². The van der Waals surface area contributed by atoms with Gasteiger partial charge in [0.25, 0.3) is 0 Å². The lowest BCUT2D eigenvalue weighted by molar-refractivity contribution is -0.115. The van der Waals surface area contributed by atoms with Gasteiger partial charge in [-0.1, -0.05) is 0 Å². The molecule has 124 valence electrons. The number of nitrogens with one attached hydrogen (secondary N) is 2. The van der Waals surface area contributed by atoms with Crippen LogP contribution in [0.5, 0.6) is 0 Å². The molecule has 0 aliphatic heterocycles. The van der Waals surface area contributed by atoms with Gasteiger partial charge in [0.15, 0.2) is 5.11 Å². The van der Waals surface area contributed by atoms with Gasteiger partial charge in [-0.15, -0.1) is 0 Å². The molecule has 0 unspecified atom stereocenters. The molecule has 6 nitrogen and oxygen atoms in total. The van der Waals surface area contributed by atoms with Crippen molar-refractivity contribution >= 4 is 41.0 Å². The maximum absolute atomic E-state index is 11.7. The summed E-state index contributed by atoms with van der Waals surface area (Å²) < 4.78 is 9.98. The van der Waals surface area contributed by atoms with Crippen LogP contribution in [0.2, 0.25) is 0 Å². The van der Waals surface area contributed by atoms with Crippen LogP contribution in [0.3, 0.4) is 0 Å². The Morgan fingerprint density at radius 2 is 2.00 bits per heavy atom. The lowest BCUT2D eigenvalue weighted by Gasteiger charge is -2.08. The highest BCUT2D eigenvalue weighted by molar-refractivity contribution is 7.80. The third-order valence-electron chi connectivity index (χ3n) is 2.83. The topological polar surface area (TPSA) is 80.6 Å². The molecular weight excluding hydrogens is 328 g/mol. The van der Waals surface area contributed by atoms with Gasteiger partial charge in [0.1, 0.15) is 5.76 Å². The fraction of sp³-hybridized carbons (Fsp3) is 0.118. The van der Waals surface area contributed by atoms with Crippen molar-refractivity contribution in [2.45, 2.75) is 6.92 Å². The molecule has 1 amide bonds. The third kappa shape index (κ3) is 5.36. The average Bonchev–Trinajstić information content (AvgIpc) is 3.07. The number of rotatable bonds is 5. The van der Waals surface area contributed by atoms with Crippen LogP contribution in [-0.4, -0.2) is 23.6 Å². The molecule has 0 aliphatic rings. The van der Waals surface area contributed by atoms with Gasteiger partial charge in [-0.05, 0) is 61.6 Å². The van der Waals surface area contributed by atoms with Crippen LogP contribution in [-0.2, 0) is 9.53 Å².